The van der Waals surface area contributed by atoms with Crippen molar-refractivity contribution in [3.05, 3.63) is 24.3 Å². The van der Waals surface area contributed by atoms with Crippen molar-refractivity contribution >= 4 is 28.6 Å². The third-order valence-electron chi connectivity index (χ3n) is 2.33. The number of amides is 1. The second-order valence-electron chi connectivity index (χ2n) is 3.74. The van der Waals surface area contributed by atoms with Crippen molar-refractivity contribution < 1.29 is 4.79 Å². The lowest BCUT2D eigenvalue weighted by Crippen LogP contribution is -2.31. The van der Waals surface area contributed by atoms with E-state index in [-0.39, 0.29) is 12.4 Å². The summed E-state index contributed by atoms with van der Waals surface area (Å²) >= 11 is 0. The van der Waals surface area contributed by atoms with E-state index in [0.717, 1.165) is 11.0 Å². The molecule has 1 heterocycles. The Balaban J connectivity index is 2.46. The highest BCUT2D eigenvalue weighted by atomic mass is 16.1. The number of rotatable bonds is 3. The number of hydrogen-bond acceptors (Lipinski definition) is 5. The predicted octanol–water partition coefficient (Wildman–Crippen LogP) is 0.133. The number of primary amides is 1. The highest BCUT2D eigenvalue weighted by Gasteiger charge is 2.11. The van der Waals surface area contributed by atoms with Gasteiger partial charge >= 0.3 is 0 Å². The number of fused-ring (bicyclic) bond motifs is 1. The molecule has 17 heavy (non-hydrogen) atoms. The molecule has 2 rings (SSSR count). The Labute approximate surface area is 98.2 Å². The van der Waals surface area contributed by atoms with Gasteiger partial charge < -0.3 is 16.4 Å². The number of carbonyl (C=O) groups excluding carboxylic acids is 1. The summed E-state index contributed by atoms with van der Waals surface area (Å²) < 4.78 is 0. The maximum atomic E-state index is 10.8. The Hall–Kier alpha value is -2.37. The van der Waals surface area contributed by atoms with Crippen molar-refractivity contribution in [2.24, 2.45) is 5.73 Å². The second kappa shape index (κ2) is 4.25. The minimum atomic E-state index is -0.443. The molecule has 0 radical (unpaired) electrons. The minimum absolute atomic E-state index is 0.0528. The van der Waals surface area contributed by atoms with E-state index < -0.39 is 5.91 Å². The number of anilines is 2. The van der Waals surface area contributed by atoms with Gasteiger partial charge in [-0.25, -0.2) is 9.97 Å². The van der Waals surface area contributed by atoms with Gasteiger partial charge in [0, 0.05) is 7.05 Å². The average Bonchev–Trinajstić information content (AvgIpc) is 2.27. The molecule has 0 saturated heterocycles. The van der Waals surface area contributed by atoms with Crippen LogP contribution in [0.2, 0.25) is 0 Å². The van der Waals surface area contributed by atoms with Crippen LogP contribution < -0.4 is 16.4 Å². The summed E-state index contributed by atoms with van der Waals surface area (Å²) in [6.45, 7) is 0.0528. The monoisotopic (exact) mass is 231 g/mol. The van der Waals surface area contributed by atoms with Crippen LogP contribution in [-0.2, 0) is 4.79 Å². The molecule has 0 spiro atoms. The summed E-state index contributed by atoms with van der Waals surface area (Å²) in [5.41, 5.74) is 12.4. The summed E-state index contributed by atoms with van der Waals surface area (Å²) in [5.74, 6) is 0.303. The van der Waals surface area contributed by atoms with Crippen molar-refractivity contribution in [2.45, 2.75) is 0 Å². The zero-order chi connectivity index (χ0) is 12.4. The molecule has 0 saturated carbocycles. The van der Waals surface area contributed by atoms with Gasteiger partial charge in [-0.15, -0.1) is 0 Å². The first-order valence-corrected chi connectivity index (χ1v) is 5.09. The van der Waals surface area contributed by atoms with Crippen molar-refractivity contribution in [1.82, 2.24) is 9.97 Å². The Morgan fingerprint density at radius 3 is 2.47 bits per heavy atom. The van der Waals surface area contributed by atoms with E-state index in [2.05, 4.69) is 9.97 Å². The van der Waals surface area contributed by atoms with Gasteiger partial charge in [-0.05, 0) is 12.1 Å². The summed E-state index contributed by atoms with van der Waals surface area (Å²) in [5, 5.41) is 0. The molecule has 0 aliphatic rings. The molecule has 0 fully saturated rings. The van der Waals surface area contributed by atoms with Gasteiger partial charge in [0.25, 0.3) is 0 Å². The molecule has 88 valence electrons. The van der Waals surface area contributed by atoms with Gasteiger partial charge in [0.1, 0.15) is 0 Å². The molecule has 0 aliphatic carbocycles. The number of hydrogen-bond donors (Lipinski definition) is 2. The molecular weight excluding hydrogens is 218 g/mol. The summed E-state index contributed by atoms with van der Waals surface area (Å²) in [6.07, 6.45) is 0. The SMILES string of the molecule is CN(CC(N)=O)c1nc2ccccc2nc1N. The van der Waals surface area contributed by atoms with Gasteiger partial charge in [0.15, 0.2) is 11.6 Å². The van der Waals surface area contributed by atoms with Gasteiger partial charge in [0.2, 0.25) is 5.91 Å². The largest absolute Gasteiger partial charge is 0.381 e. The van der Waals surface area contributed by atoms with Gasteiger partial charge in [-0.3, -0.25) is 4.79 Å². The third-order valence-corrected chi connectivity index (χ3v) is 2.33. The Morgan fingerprint density at radius 1 is 1.29 bits per heavy atom. The standard InChI is InChI=1S/C11H13N5O/c1-16(6-9(12)17)11-10(13)14-7-4-2-3-5-8(7)15-11/h2-5H,6H2,1H3,(H2,12,17)(H2,13,14). The molecule has 4 N–H and O–H groups in total. The number of benzene rings is 1. The van der Waals surface area contributed by atoms with E-state index >= 15 is 0 Å². The maximum absolute atomic E-state index is 10.8. The summed E-state index contributed by atoms with van der Waals surface area (Å²) in [6, 6.07) is 7.40. The van der Waals surface area contributed by atoms with Crippen LogP contribution >= 0.6 is 0 Å². The van der Waals surface area contributed by atoms with E-state index in [4.69, 9.17) is 11.5 Å². The van der Waals surface area contributed by atoms with E-state index in [1.807, 2.05) is 24.3 Å². The maximum Gasteiger partial charge on any atom is 0.236 e. The van der Waals surface area contributed by atoms with Crippen LogP contribution in [0, 0.1) is 0 Å². The molecule has 6 heteroatoms. The third kappa shape index (κ3) is 2.25. The van der Waals surface area contributed by atoms with E-state index in [9.17, 15) is 4.79 Å². The Kier molecular flexibility index (Phi) is 2.78. The summed E-state index contributed by atoms with van der Waals surface area (Å²) in [4.78, 5) is 21.0. The van der Waals surface area contributed by atoms with E-state index in [1.54, 1.807) is 11.9 Å². The average molecular weight is 231 g/mol. The van der Waals surface area contributed by atoms with Crippen LogP contribution in [0.15, 0.2) is 24.3 Å². The molecule has 6 nitrogen and oxygen atoms in total. The van der Waals surface area contributed by atoms with Gasteiger partial charge in [0.05, 0.1) is 17.6 Å². The summed E-state index contributed by atoms with van der Waals surface area (Å²) in [7, 11) is 1.69. The Bertz CT molecular complexity index is 569. The number of nitrogens with two attached hydrogens (primary N) is 2. The lowest BCUT2D eigenvalue weighted by molar-refractivity contribution is -0.116. The molecule has 0 unspecified atom stereocenters. The second-order valence-corrected chi connectivity index (χ2v) is 3.74. The van der Waals surface area contributed by atoms with Crippen molar-refractivity contribution in [3.63, 3.8) is 0 Å². The molecule has 1 aromatic carbocycles. The fourth-order valence-corrected chi connectivity index (χ4v) is 1.59. The highest BCUT2D eigenvalue weighted by Crippen LogP contribution is 2.20. The van der Waals surface area contributed by atoms with E-state index in [0.29, 0.717) is 5.82 Å². The number of aromatic nitrogens is 2. The smallest absolute Gasteiger partial charge is 0.236 e. The van der Waals surface area contributed by atoms with Crippen LogP contribution in [0.4, 0.5) is 11.6 Å². The van der Waals surface area contributed by atoms with Gasteiger partial charge in [-0.2, -0.15) is 0 Å². The van der Waals surface area contributed by atoms with E-state index in [1.165, 1.54) is 0 Å². The predicted molar refractivity (Wildman–Crippen MR) is 66.4 cm³/mol. The molecule has 0 bridgehead atoms. The molecule has 1 aromatic heterocycles. The van der Waals surface area contributed by atoms with Crippen molar-refractivity contribution in [3.8, 4) is 0 Å². The number of likely N-dealkylation sites (N-methyl/N-ethyl adjacent to an activating group) is 1. The van der Waals surface area contributed by atoms with Crippen LogP contribution in [0.5, 0.6) is 0 Å². The van der Waals surface area contributed by atoms with Crippen LogP contribution in [0.1, 0.15) is 0 Å². The highest BCUT2D eigenvalue weighted by molar-refractivity contribution is 5.83. The van der Waals surface area contributed by atoms with Crippen LogP contribution in [0.3, 0.4) is 0 Å². The molecule has 0 atom stereocenters. The Morgan fingerprint density at radius 2 is 1.88 bits per heavy atom. The van der Waals surface area contributed by atoms with Crippen LogP contribution in [0.25, 0.3) is 11.0 Å². The fraction of sp³-hybridized carbons (Fsp3) is 0.182. The number of nitrogens with zero attached hydrogens (tertiary/aromatic N) is 3. The first-order chi connectivity index (χ1) is 8.08. The zero-order valence-electron chi connectivity index (χ0n) is 9.42. The first kappa shape index (κ1) is 11.1. The van der Waals surface area contributed by atoms with Crippen LogP contribution in [-0.4, -0.2) is 29.5 Å². The normalized spacial score (nSPS) is 10.4. The molecular formula is C11H13N5O. The lowest BCUT2D eigenvalue weighted by Gasteiger charge is -2.17. The molecule has 2 aromatic rings. The topological polar surface area (TPSA) is 98.1 Å². The molecule has 0 aliphatic heterocycles. The zero-order valence-corrected chi connectivity index (χ0v) is 9.42. The lowest BCUT2D eigenvalue weighted by atomic mass is 10.3. The van der Waals surface area contributed by atoms with Gasteiger partial charge in [-0.1, -0.05) is 12.1 Å². The number of para-hydroxylation sites is 2. The number of nitrogen functional groups attached to an aromatic ring is 1. The van der Waals surface area contributed by atoms with Crippen molar-refractivity contribution in [2.75, 3.05) is 24.2 Å². The number of carbonyl (C=O) groups is 1. The minimum Gasteiger partial charge on any atom is -0.381 e. The first-order valence-electron chi connectivity index (χ1n) is 5.09. The molecule has 1 amide bonds. The fourth-order valence-electron chi connectivity index (χ4n) is 1.59. The van der Waals surface area contributed by atoms with Crippen molar-refractivity contribution in [1.29, 1.82) is 0 Å². The quantitative estimate of drug-likeness (QED) is 0.782.